The Hall–Kier alpha value is -0.850. The van der Waals surface area contributed by atoms with Gasteiger partial charge >= 0.3 is 6.18 Å². The van der Waals surface area contributed by atoms with Gasteiger partial charge in [-0.3, -0.25) is 4.90 Å². The molecule has 0 aromatic heterocycles. The zero-order valence-corrected chi connectivity index (χ0v) is 13.4. The number of hydrogen-bond donors (Lipinski definition) is 1. The summed E-state index contributed by atoms with van der Waals surface area (Å²) in [7, 11) is 0. The number of rotatable bonds is 2. The lowest BCUT2D eigenvalue weighted by Gasteiger charge is -2.42. The molecule has 1 unspecified atom stereocenters. The van der Waals surface area contributed by atoms with Gasteiger partial charge in [0.2, 0.25) is 0 Å². The molecule has 1 aromatic carbocycles. The van der Waals surface area contributed by atoms with Crippen LogP contribution in [-0.4, -0.2) is 24.0 Å². The summed E-state index contributed by atoms with van der Waals surface area (Å²) in [5, 5.41) is 0. The van der Waals surface area contributed by atoms with Crippen molar-refractivity contribution in [2.45, 2.75) is 39.0 Å². The normalized spacial score (nSPS) is 22.2. The van der Waals surface area contributed by atoms with Crippen LogP contribution in [0.4, 0.5) is 17.6 Å². The van der Waals surface area contributed by atoms with Crippen LogP contribution in [0.3, 0.4) is 0 Å². The molecule has 126 valence electrons. The topological polar surface area (TPSA) is 29.3 Å². The number of halogens is 5. The lowest BCUT2D eigenvalue weighted by atomic mass is 9.79. The summed E-state index contributed by atoms with van der Waals surface area (Å²) in [6.45, 7) is 5.46. The molecule has 2 nitrogen and oxygen atoms in total. The Kier molecular flexibility index (Phi) is 5.87. The zero-order chi connectivity index (χ0) is 15.8. The summed E-state index contributed by atoms with van der Waals surface area (Å²) in [6, 6.07) is 2.91. The average molecular weight is 341 g/mol. The van der Waals surface area contributed by atoms with Crippen LogP contribution in [0.2, 0.25) is 0 Å². The fourth-order valence-electron chi connectivity index (χ4n) is 2.81. The largest absolute Gasteiger partial charge is 0.416 e. The molecule has 0 amide bonds. The highest BCUT2D eigenvalue weighted by Crippen LogP contribution is 2.34. The van der Waals surface area contributed by atoms with E-state index in [0.29, 0.717) is 19.2 Å². The van der Waals surface area contributed by atoms with Crippen molar-refractivity contribution in [3.05, 3.63) is 35.1 Å². The van der Waals surface area contributed by atoms with Crippen LogP contribution in [-0.2, 0) is 12.7 Å². The molecular weight excluding hydrogens is 320 g/mol. The first-order valence-electron chi connectivity index (χ1n) is 6.93. The van der Waals surface area contributed by atoms with Crippen LogP contribution >= 0.6 is 12.4 Å². The number of hydrogen-bond acceptors (Lipinski definition) is 2. The third kappa shape index (κ3) is 4.33. The molecule has 1 heterocycles. The highest BCUT2D eigenvalue weighted by Gasteiger charge is 2.36. The molecule has 0 aliphatic carbocycles. The molecule has 1 saturated heterocycles. The lowest BCUT2D eigenvalue weighted by Crippen LogP contribution is -2.52. The van der Waals surface area contributed by atoms with Gasteiger partial charge in [-0.15, -0.1) is 12.4 Å². The summed E-state index contributed by atoms with van der Waals surface area (Å²) in [6.07, 6.45) is -3.80. The van der Waals surface area contributed by atoms with Crippen LogP contribution in [0.1, 0.15) is 31.4 Å². The van der Waals surface area contributed by atoms with Gasteiger partial charge < -0.3 is 5.73 Å². The van der Waals surface area contributed by atoms with Gasteiger partial charge in [-0.1, -0.05) is 19.9 Å². The van der Waals surface area contributed by atoms with E-state index in [1.807, 2.05) is 18.7 Å². The van der Waals surface area contributed by atoms with E-state index < -0.39 is 17.6 Å². The smallest absolute Gasteiger partial charge is 0.327 e. The molecule has 22 heavy (non-hydrogen) atoms. The van der Waals surface area contributed by atoms with Crippen molar-refractivity contribution in [1.82, 2.24) is 4.90 Å². The summed E-state index contributed by atoms with van der Waals surface area (Å²) >= 11 is 0. The maximum absolute atomic E-state index is 13.1. The van der Waals surface area contributed by atoms with Gasteiger partial charge in [0.1, 0.15) is 5.82 Å². The summed E-state index contributed by atoms with van der Waals surface area (Å²) in [5.74, 6) is -0.868. The quantitative estimate of drug-likeness (QED) is 0.829. The Bertz CT molecular complexity index is 517. The van der Waals surface area contributed by atoms with Crippen LogP contribution in [0.15, 0.2) is 18.2 Å². The Labute approximate surface area is 134 Å². The van der Waals surface area contributed by atoms with E-state index in [9.17, 15) is 17.6 Å². The van der Waals surface area contributed by atoms with E-state index in [-0.39, 0.29) is 36.0 Å². The molecule has 7 heteroatoms. The first kappa shape index (κ1) is 19.2. The third-order valence-corrected chi connectivity index (χ3v) is 4.16. The van der Waals surface area contributed by atoms with Crippen molar-refractivity contribution < 1.29 is 17.6 Å². The standard InChI is InChI=1S/C15H20F4N2.ClH/c1-14(2)9-21(6-5-13(14)20)8-10-3-4-11(16)7-12(10)15(17,18)19;/h3-4,7,13H,5-6,8-9,20H2,1-2H3;1H. The molecule has 1 aliphatic heterocycles. The first-order valence-corrected chi connectivity index (χ1v) is 6.93. The summed E-state index contributed by atoms with van der Waals surface area (Å²) in [5.41, 5.74) is 5.10. The second-order valence-corrected chi connectivity index (χ2v) is 6.39. The van der Waals surface area contributed by atoms with Gasteiger partial charge in [0.25, 0.3) is 0 Å². The summed E-state index contributed by atoms with van der Waals surface area (Å²) < 4.78 is 52.1. The molecule has 1 aromatic rings. The third-order valence-electron chi connectivity index (χ3n) is 4.16. The van der Waals surface area contributed by atoms with Gasteiger partial charge in [-0.05, 0) is 29.5 Å². The molecule has 1 atom stereocenters. The lowest BCUT2D eigenvalue weighted by molar-refractivity contribution is -0.138. The van der Waals surface area contributed by atoms with Crippen LogP contribution in [0.5, 0.6) is 0 Å². The first-order chi connectivity index (χ1) is 9.59. The van der Waals surface area contributed by atoms with E-state index >= 15 is 0 Å². The van der Waals surface area contributed by atoms with Gasteiger partial charge in [-0.2, -0.15) is 13.2 Å². The van der Waals surface area contributed by atoms with Crippen molar-refractivity contribution in [2.24, 2.45) is 11.1 Å². The Morgan fingerprint density at radius 1 is 1.32 bits per heavy atom. The predicted octanol–water partition coefficient (Wildman–Crippen LogP) is 3.83. The Balaban J connectivity index is 0.00000242. The Morgan fingerprint density at radius 3 is 2.50 bits per heavy atom. The van der Waals surface area contributed by atoms with Gasteiger partial charge in [0.05, 0.1) is 5.56 Å². The highest BCUT2D eigenvalue weighted by atomic mass is 35.5. The van der Waals surface area contributed by atoms with E-state index in [4.69, 9.17) is 5.73 Å². The maximum atomic E-state index is 13.1. The minimum absolute atomic E-state index is 0. The SMILES string of the molecule is CC1(C)CN(Cc2ccc(F)cc2C(F)(F)F)CCC1N.Cl. The van der Waals surface area contributed by atoms with Gasteiger partial charge in [-0.25, -0.2) is 4.39 Å². The Morgan fingerprint density at radius 2 is 1.95 bits per heavy atom. The number of nitrogens with two attached hydrogens (primary N) is 1. The van der Waals surface area contributed by atoms with Crippen LogP contribution in [0, 0.1) is 11.2 Å². The molecule has 1 fully saturated rings. The van der Waals surface area contributed by atoms with E-state index in [1.54, 1.807) is 0 Å². The number of likely N-dealkylation sites (tertiary alicyclic amines) is 1. The van der Waals surface area contributed by atoms with Gasteiger partial charge in [0, 0.05) is 25.7 Å². The monoisotopic (exact) mass is 340 g/mol. The molecule has 2 N–H and O–H groups in total. The van der Waals surface area contributed by atoms with Crippen molar-refractivity contribution >= 4 is 12.4 Å². The highest BCUT2D eigenvalue weighted by molar-refractivity contribution is 5.85. The molecule has 0 saturated carbocycles. The molecule has 1 aliphatic rings. The minimum Gasteiger partial charge on any atom is -0.327 e. The minimum atomic E-state index is -4.54. The van der Waals surface area contributed by atoms with Gasteiger partial charge in [0.15, 0.2) is 0 Å². The average Bonchev–Trinajstić information content (AvgIpc) is 2.34. The van der Waals surface area contributed by atoms with Crippen molar-refractivity contribution in [1.29, 1.82) is 0 Å². The number of alkyl halides is 3. The molecule has 0 radical (unpaired) electrons. The predicted molar refractivity (Wildman–Crippen MR) is 80.3 cm³/mol. The van der Waals surface area contributed by atoms with Crippen molar-refractivity contribution in [3.63, 3.8) is 0 Å². The van der Waals surface area contributed by atoms with Crippen LogP contribution < -0.4 is 5.73 Å². The molecule has 0 spiro atoms. The van der Waals surface area contributed by atoms with Crippen LogP contribution in [0.25, 0.3) is 0 Å². The fourth-order valence-corrected chi connectivity index (χ4v) is 2.81. The van der Waals surface area contributed by atoms with Crippen molar-refractivity contribution in [2.75, 3.05) is 13.1 Å². The number of benzene rings is 1. The molecule has 0 bridgehead atoms. The second-order valence-electron chi connectivity index (χ2n) is 6.39. The van der Waals surface area contributed by atoms with E-state index in [2.05, 4.69) is 0 Å². The summed E-state index contributed by atoms with van der Waals surface area (Å²) in [4.78, 5) is 1.95. The number of nitrogens with zero attached hydrogens (tertiary/aromatic N) is 1. The van der Waals surface area contributed by atoms with E-state index in [0.717, 1.165) is 12.5 Å². The molecule has 2 rings (SSSR count). The fraction of sp³-hybridized carbons (Fsp3) is 0.600. The zero-order valence-electron chi connectivity index (χ0n) is 12.6. The number of piperidine rings is 1. The van der Waals surface area contributed by atoms with E-state index in [1.165, 1.54) is 6.07 Å². The maximum Gasteiger partial charge on any atom is 0.416 e. The van der Waals surface area contributed by atoms with Crippen molar-refractivity contribution in [3.8, 4) is 0 Å². The molecular formula is C15H21ClF4N2. The second kappa shape index (κ2) is 6.72.